The molecule has 0 fully saturated rings. The lowest BCUT2D eigenvalue weighted by molar-refractivity contribution is 0.152. The Bertz CT molecular complexity index is 650. The maximum atomic E-state index is 12.3. The first kappa shape index (κ1) is 22.4. The van der Waals surface area contributed by atoms with E-state index in [-0.39, 0.29) is 11.4 Å². The van der Waals surface area contributed by atoms with E-state index in [1.807, 2.05) is 19.9 Å². The fourth-order valence-corrected chi connectivity index (χ4v) is 3.15. The zero-order chi connectivity index (χ0) is 19.3. The van der Waals surface area contributed by atoms with Gasteiger partial charge in [0.05, 0.1) is 24.7 Å². The van der Waals surface area contributed by atoms with E-state index in [2.05, 4.69) is 20.3 Å². The lowest BCUT2D eigenvalue weighted by Crippen LogP contribution is -2.39. The van der Waals surface area contributed by atoms with E-state index in [0.29, 0.717) is 38.9 Å². The van der Waals surface area contributed by atoms with Crippen molar-refractivity contribution in [3.05, 3.63) is 29.8 Å². The van der Waals surface area contributed by atoms with Crippen molar-refractivity contribution in [3.63, 3.8) is 0 Å². The Balaban J connectivity index is 2.73. The molecule has 3 N–H and O–H groups in total. The van der Waals surface area contributed by atoms with Crippen LogP contribution in [0.25, 0.3) is 0 Å². The van der Waals surface area contributed by atoms with Gasteiger partial charge in [-0.05, 0) is 31.5 Å². The number of nitrogens with zero attached hydrogens (tertiary/aromatic N) is 1. The van der Waals surface area contributed by atoms with E-state index < -0.39 is 10.0 Å². The summed E-state index contributed by atoms with van der Waals surface area (Å²) in [5.41, 5.74) is 0.807. The standard InChI is InChI=1S/C17H30N4O4S/c1-4-18-17(19-9-12-25-5-2)20-14-15-7-6-8-16(13-15)26(22,23)21-10-11-24-3/h6-8,13,21H,4-5,9-12,14H2,1-3H3,(H2,18,19,20). The van der Waals surface area contributed by atoms with Crippen LogP contribution in [0.5, 0.6) is 0 Å². The zero-order valence-electron chi connectivity index (χ0n) is 15.7. The molecule has 0 spiro atoms. The van der Waals surface area contributed by atoms with Gasteiger partial charge in [0.25, 0.3) is 0 Å². The third-order valence-electron chi connectivity index (χ3n) is 3.31. The minimum atomic E-state index is -3.55. The second-order valence-electron chi connectivity index (χ2n) is 5.36. The molecule has 0 bridgehead atoms. The van der Waals surface area contributed by atoms with E-state index in [9.17, 15) is 8.42 Å². The summed E-state index contributed by atoms with van der Waals surface area (Å²) < 4.78 is 37.2. The van der Waals surface area contributed by atoms with Crippen molar-refractivity contribution in [2.24, 2.45) is 4.99 Å². The number of methoxy groups -OCH3 is 1. The number of hydrogen-bond acceptors (Lipinski definition) is 5. The third kappa shape index (κ3) is 8.61. The van der Waals surface area contributed by atoms with Crippen LogP contribution in [0.1, 0.15) is 19.4 Å². The quantitative estimate of drug-likeness (QED) is 0.278. The fraction of sp³-hybridized carbons (Fsp3) is 0.588. The molecular formula is C17H30N4O4S. The van der Waals surface area contributed by atoms with Crippen LogP contribution in [-0.4, -0.2) is 60.9 Å². The van der Waals surface area contributed by atoms with Crippen LogP contribution < -0.4 is 15.4 Å². The molecule has 0 saturated carbocycles. The molecule has 0 radical (unpaired) electrons. The molecule has 0 atom stereocenters. The highest BCUT2D eigenvalue weighted by Gasteiger charge is 2.13. The summed E-state index contributed by atoms with van der Waals surface area (Å²) in [5, 5.41) is 6.32. The van der Waals surface area contributed by atoms with Gasteiger partial charge in [-0.15, -0.1) is 0 Å². The Kier molecular flexibility index (Phi) is 10.9. The first-order valence-electron chi connectivity index (χ1n) is 8.71. The Morgan fingerprint density at radius 2 is 1.96 bits per heavy atom. The third-order valence-corrected chi connectivity index (χ3v) is 4.77. The predicted octanol–water partition coefficient (Wildman–Crippen LogP) is 0.703. The van der Waals surface area contributed by atoms with E-state index in [0.717, 1.165) is 12.1 Å². The van der Waals surface area contributed by atoms with Gasteiger partial charge in [-0.3, -0.25) is 0 Å². The molecule has 1 aromatic carbocycles. The van der Waals surface area contributed by atoms with E-state index >= 15 is 0 Å². The number of hydrogen-bond donors (Lipinski definition) is 3. The lowest BCUT2D eigenvalue weighted by atomic mass is 10.2. The molecule has 1 rings (SSSR count). The van der Waals surface area contributed by atoms with E-state index in [1.54, 1.807) is 18.2 Å². The van der Waals surface area contributed by atoms with Gasteiger partial charge in [0.1, 0.15) is 0 Å². The summed E-state index contributed by atoms with van der Waals surface area (Å²) in [4.78, 5) is 4.70. The van der Waals surface area contributed by atoms with Crippen molar-refractivity contribution in [2.75, 3.05) is 46.6 Å². The molecule has 0 unspecified atom stereocenters. The Morgan fingerprint density at radius 3 is 2.65 bits per heavy atom. The number of ether oxygens (including phenoxy) is 2. The van der Waals surface area contributed by atoms with Gasteiger partial charge in [-0.25, -0.2) is 18.1 Å². The normalized spacial score (nSPS) is 12.2. The predicted molar refractivity (Wildman–Crippen MR) is 103 cm³/mol. The molecule has 26 heavy (non-hydrogen) atoms. The molecule has 148 valence electrons. The first-order valence-corrected chi connectivity index (χ1v) is 10.2. The molecule has 0 aliphatic heterocycles. The molecule has 0 aromatic heterocycles. The average molecular weight is 387 g/mol. The average Bonchev–Trinajstić information content (AvgIpc) is 2.63. The highest BCUT2D eigenvalue weighted by atomic mass is 32.2. The summed E-state index contributed by atoms with van der Waals surface area (Å²) >= 11 is 0. The van der Waals surface area contributed by atoms with Gasteiger partial charge < -0.3 is 20.1 Å². The molecule has 0 heterocycles. The zero-order valence-corrected chi connectivity index (χ0v) is 16.6. The van der Waals surface area contributed by atoms with Gasteiger partial charge in [0, 0.05) is 33.4 Å². The Morgan fingerprint density at radius 1 is 1.15 bits per heavy atom. The molecule has 9 heteroatoms. The van der Waals surface area contributed by atoms with Gasteiger partial charge in [-0.1, -0.05) is 12.1 Å². The van der Waals surface area contributed by atoms with Crippen LogP contribution in [0, 0.1) is 0 Å². The van der Waals surface area contributed by atoms with Gasteiger partial charge in [-0.2, -0.15) is 0 Å². The summed E-state index contributed by atoms with van der Waals surface area (Å²) in [7, 11) is -2.03. The van der Waals surface area contributed by atoms with Crippen molar-refractivity contribution >= 4 is 16.0 Å². The molecule has 0 amide bonds. The smallest absolute Gasteiger partial charge is 0.240 e. The fourth-order valence-electron chi connectivity index (χ4n) is 2.07. The van der Waals surface area contributed by atoms with Crippen LogP contribution in [-0.2, 0) is 26.0 Å². The molecule has 8 nitrogen and oxygen atoms in total. The lowest BCUT2D eigenvalue weighted by Gasteiger charge is -2.11. The molecule has 0 aliphatic rings. The minimum absolute atomic E-state index is 0.218. The van der Waals surface area contributed by atoms with Crippen LogP contribution in [0.15, 0.2) is 34.2 Å². The topological polar surface area (TPSA) is 101 Å². The van der Waals surface area contributed by atoms with Crippen LogP contribution in [0.2, 0.25) is 0 Å². The van der Waals surface area contributed by atoms with Crippen LogP contribution >= 0.6 is 0 Å². The molecule has 0 aliphatic carbocycles. The van der Waals surface area contributed by atoms with Crippen molar-refractivity contribution in [1.29, 1.82) is 0 Å². The Labute approximate surface area is 156 Å². The number of rotatable bonds is 12. The summed E-state index contributed by atoms with van der Waals surface area (Å²) in [5.74, 6) is 0.665. The number of aliphatic imine (C=N–C) groups is 1. The SMILES string of the molecule is CCNC(=NCc1cccc(S(=O)(=O)NCCOC)c1)NCCOCC. The van der Waals surface area contributed by atoms with Crippen molar-refractivity contribution in [1.82, 2.24) is 15.4 Å². The number of benzene rings is 1. The summed E-state index contributed by atoms with van der Waals surface area (Å²) in [6.45, 7) is 7.51. The van der Waals surface area contributed by atoms with E-state index in [1.165, 1.54) is 7.11 Å². The number of sulfonamides is 1. The monoisotopic (exact) mass is 386 g/mol. The maximum absolute atomic E-state index is 12.3. The minimum Gasteiger partial charge on any atom is -0.383 e. The maximum Gasteiger partial charge on any atom is 0.240 e. The van der Waals surface area contributed by atoms with Crippen molar-refractivity contribution in [3.8, 4) is 0 Å². The number of nitrogens with one attached hydrogen (secondary N) is 3. The second-order valence-corrected chi connectivity index (χ2v) is 7.12. The summed E-state index contributed by atoms with van der Waals surface area (Å²) in [6, 6.07) is 6.75. The Hall–Kier alpha value is -1.68. The van der Waals surface area contributed by atoms with Crippen molar-refractivity contribution in [2.45, 2.75) is 25.3 Å². The highest BCUT2D eigenvalue weighted by Crippen LogP contribution is 2.12. The van der Waals surface area contributed by atoms with E-state index in [4.69, 9.17) is 9.47 Å². The molecule has 0 saturated heterocycles. The van der Waals surface area contributed by atoms with Gasteiger partial charge in [0.15, 0.2) is 5.96 Å². The number of guanidine groups is 1. The largest absolute Gasteiger partial charge is 0.383 e. The van der Waals surface area contributed by atoms with Gasteiger partial charge >= 0.3 is 0 Å². The van der Waals surface area contributed by atoms with Crippen molar-refractivity contribution < 1.29 is 17.9 Å². The second kappa shape index (κ2) is 12.6. The highest BCUT2D eigenvalue weighted by molar-refractivity contribution is 7.89. The van der Waals surface area contributed by atoms with Crippen LogP contribution in [0.3, 0.4) is 0 Å². The molecule has 1 aromatic rings. The first-order chi connectivity index (χ1) is 12.5. The van der Waals surface area contributed by atoms with Gasteiger partial charge in [0.2, 0.25) is 10.0 Å². The molecular weight excluding hydrogens is 356 g/mol. The summed E-state index contributed by atoms with van der Waals surface area (Å²) in [6.07, 6.45) is 0. The van der Waals surface area contributed by atoms with Crippen LogP contribution in [0.4, 0.5) is 0 Å².